The Labute approximate surface area is 82.2 Å². The third-order valence-electron chi connectivity index (χ3n) is 2.00. The van der Waals surface area contributed by atoms with Gasteiger partial charge in [-0.15, -0.1) is 0 Å². The van der Waals surface area contributed by atoms with Gasteiger partial charge in [-0.1, -0.05) is 12.1 Å². The van der Waals surface area contributed by atoms with E-state index >= 15 is 0 Å². The summed E-state index contributed by atoms with van der Waals surface area (Å²) in [5.41, 5.74) is 0.716. The Morgan fingerprint density at radius 1 is 1.21 bits per heavy atom. The normalized spacial score (nSPS) is 9.43. The topological polar surface area (TPSA) is 47.6 Å². The van der Waals surface area contributed by atoms with Crippen molar-refractivity contribution >= 4 is 0 Å². The maximum Gasteiger partial charge on any atom is 0.123 e. The lowest BCUT2D eigenvalue weighted by Crippen LogP contribution is -1.97. The van der Waals surface area contributed by atoms with Gasteiger partial charge in [0.25, 0.3) is 0 Å². The van der Waals surface area contributed by atoms with Gasteiger partial charge in [0.15, 0.2) is 0 Å². The average molecular weight is 188 g/mol. The van der Waals surface area contributed by atoms with Crippen LogP contribution in [0.2, 0.25) is 0 Å². The predicted octanol–water partition coefficient (Wildman–Crippen LogP) is 2.74. The summed E-state index contributed by atoms with van der Waals surface area (Å²) < 4.78 is 12.8. The van der Waals surface area contributed by atoms with E-state index in [1.54, 1.807) is 12.1 Å². The third-order valence-corrected chi connectivity index (χ3v) is 2.00. The molecule has 0 radical (unpaired) electrons. The molecular weight excluding hydrogens is 179 g/mol. The van der Waals surface area contributed by atoms with Crippen molar-refractivity contribution in [3.8, 4) is 12.1 Å². The highest BCUT2D eigenvalue weighted by molar-refractivity contribution is 5.22. The van der Waals surface area contributed by atoms with E-state index in [1.807, 2.05) is 12.1 Å². The molecule has 0 N–H and O–H groups in total. The van der Waals surface area contributed by atoms with E-state index in [4.69, 9.17) is 10.5 Å². The highest BCUT2D eigenvalue weighted by atomic mass is 19.1. The van der Waals surface area contributed by atoms with Crippen LogP contribution in [0.1, 0.15) is 24.3 Å². The first-order chi connectivity index (χ1) is 6.77. The summed E-state index contributed by atoms with van der Waals surface area (Å²) in [7, 11) is 0. The van der Waals surface area contributed by atoms with E-state index in [0.717, 1.165) is 0 Å². The number of hydrogen-bond donors (Lipinski definition) is 0. The molecule has 2 nitrogen and oxygen atoms in total. The molecule has 0 amide bonds. The molecule has 14 heavy (non-hydrogen) atoms. The van der Waals surface area contributed by atoms with Crippen LogP contribution in [-0.4, -0.2) is 0 Å². The van der Waals surface area contributed by atoms with Crippen molar-refractivity contribution in [2.24, 2.45) is 0 Å². The van der Waals surface area contributed by atoms with E-state index in [-0.39, 0.29) is 24.6 Å². The van der Waals surface area contributed by atoms with Gasteiger partial charge in [0, 0.05) is 18.8 Å². The van der Waals surface area contributed by atoms with Crippen molar-refractivity contribution in [2.45, 2.75) is 18.8 Å². The molecule has 0 aromatic heterocycles. The van der Waals surface area contributed by atoms with Crippen LogP contribution >= 0.6 is 0 Å². The van der Waals surface area contributed by atoms with Crippen molar-refractivity contribution in [1.29, 1.82) is 10.5 Å². The summed E-state index contributed by atoms with van der Waals surface area (Å²) in [6.07, 6.45) is 0.494. The minimum Gasteiger partial charge on any atom is -0.207 e. The van der Waals surface area contributed by atoms with Crippen LogP contribution in [0.25, 0.3) is 0 Å². The minimum absolute atomic E-state index is 0.180. The summed E-state index contributed by atoms with van der Waals surface area (Å²) in [6.45, 7) is 0. The van der Waals surface area contributed by atoms with Gasteiger partial charge in [-0.05, 0) is 17.7 Å². The van der Waals surface area contributed by atoms with Gasteiger partial charge in [0.05, 0.1) is 12.1 Å². The lowest BCUT2D eigenvalue weighted by atomic mass is 9.94. The van der Waals surface area contributed by atoms with Crippen molar-refractivity contribution < 1.29 is 4.39 Å². The Morgan fingerprint density at radius 3 is 2.36 bits per heavy atom. The first-order valence-corrected chi connectivity index (χ1v) is 4.27. The van der Waals surface area contributed by atoms with Crippen LogP contribution < -0.4 is 0 Å². The highest BCUT2D eigenvalue weighted by Gasteiger charge is 2.11. The van der Waals surface area contributed by atoms with Crippen molar-refractivity contribution in [1.82, 2.24) is 0 Å². The molecule has 0 atom stereocenters. The number of hydrogen-bond acceptors (Lipinski definition) is 2. The van der Waals surface area contributed by atoms with E-state index in [2.05, 4.69) is 0 Å². The number of benzene rings is 1. The third kappa shape index (κ3) is 2.57. The molecule has 0 heterocycles. The quantitative estimate of drug-likeness (QED) is 0.732. The predicted molar refractivity (Wildman–Crippen MR) is 49.6 cm³/mol. The van der Waals surface area contributed by atoms with Crippen LogP contribution in [-0.2, 0) is 0 Å². The Morgan fingerprint density at radius 2 is 1.86 bits per heavy atom. The molecule has 1 rings (SSSR count). The van der Waals surface area contributed by atoms with Gasteiger partial charge in [-0.2, -0.15) is 10.5 Å². The second kappa shape index (κ2) is 4.99. The Bertz CT molecular complexity index is 371. The lowest BCUT2D eigenvalue weighted by molar-refractivity contribution is 0.619. The molecule has 0 fully saturated rings. The second-order valence-corrected chi connectivity index (χ2v) is 2.98. The van der Waals surface area contributed by atoms with Gasteiger partial charge >= 0.3 is 0 Å². The van der Waals surface area contributed by atoms with Crippen LogP contribution in [0.5, 0.6) is 0 Å². The summed E-state index contributed by atoms with van der Waals surface area (Å²) in [5.74, 6) is -0.510. The van der Waals surface area contributed by atoms with E-state index in [1.165, 1.54) is 12.1 Å². The molecule has 0 aliphatic carbocycles. The average Bonchev–Trinajstić information content (AvgIpc) is 2.17. The number of rotatable bonds is 3. The van der Waals surface area contributed by atoms with Crippen molar-refractivity contribution in [3.63, 3.8) is 0 Å². The van der Waals surface area contributed by atoms with Crippen LogP contribution in [0.4, 0.5) is 4.39 Å². The zero-order valence-corrected chi connectivity index (χ0v) is 7.57. The summed E-state index contributed by atoms with van der Waals surface area (Å²) in [5, 5.41) is 17.1. The van der Waals surface area contributed by atoms with Gasteiger partial charge in [-0.25, -0.2) is 4.39 Å². The zero-order chi connectivity index (χ0) is 10.4. The molecule has 0 saturated heterocycles. The molecule has 70 valence electrons. The fourth-order valence-electron chi connectivity index (χ4n) is 1.29. The zero-order valence-electron chi connectivity index (χ0n) is 7.57. The Balaban J connectivity index is 2.89. The van der Waals surface area contributed by atoms with Crippen molar-refractivity contribution in [3.05, 3.63) is 35.6 Å². The number of nitrogens with zero attached hydrogens (tertiary/aromatic N) is 2. The Hall–Kier alpha value is -1.87. The van der Waals surface area contributed by atoms with Gasteiger partial charge in [0.2, 0.25) is 0 Å². The summed E-state index contributed by atoms with van der Waals surface area (Å²) in [4.78, 5) is 0. The first kappa shape index (κ1) is 10.2. The largest absolute Gasteiger partial charge is 0.207 e. The maximum atomic E-state index is 12.8. The number of nitriles is 2. The molecular formula is C11H9FN2. The van der Waals surface area contributed by atoms with Crippen LogP contribution in [0.15, 0.2) is 24.3 Å². The van der Waals surface area contributed by atoms with Gasteiger partial charge in [0.1, 0.15) is 5.82 Å². The van der Waals surface area contributed by atoms with E-state index in [9.17, 15) is 4.39 Å². The van der Waals surface area contributed by atoms with Crippen molar-refractivity contribution in [2.75, 3.05) is 0 Å². The molecule has 3 heteroatoms. The molecule has 0 bridgehead atoms. The van der Waals surface area contributed by atoms with E-state index in [0.29, 0.717) is 5.56 Å². The van der Waals surface area contributed by atoms with E-state index < -0.39 is 0 Å². The Kier molecular flexibility index (Phi) is 3.64. The fourth-order valence-corrected chi connectivity index (χ4v) is 1.29. The molecule has 0 spiro atoms. The molecule has 0 unspecified atom stereocenters. The molecule has 0 aliphatic heterocycles. The SMILES string of the molecule is N#CCC(CC#N)c1cccc(F)c1. The fraction of sp³-hybridized carbons (Fsp3) is 0.273. The van der Waals surface area contributed by atoms with Gasteiger partial charge in [-0.3, -0.25) is 0 Å². The van der Waals surface area contributed by atoms with Gasteiger partial charge < -0.3 is 0 Å². The summed E-state index contributed by atoms with van der Waals surface area (Å²) >= 11 is 0. The number of halogens is 1. The monoisotopic (exact) mass is 188 g/mol. The molecule has 0 saturated carbocycles. The summed E-state index contributed by atoms with van der Waals surface area (Å²) in [6, 6.07) is 10.0. The lowest BCUT2D eigenvalue weighted by Gasteiger charge is -2.09. The molecule has 0 aliphatic rings. The van der Waals surface area contributed by atoms with Crippen LogP contribution in [0.3, 0.4) is 0 Å². The highest BCUT2D eigenvalue weighted by Crippen LogP contribution is 2.22. The second-order valence-electron chi connectivity index (χ2n) is 2.98. The first-order valence-electron chi connectivity index (χ1n) is 4.27. The smallest absolute Gasteiger partial charge is 0.123 e. The molecule has 1 aromatic rings. The maximum absolute atomic E-state index is 12.8. The minimum atomic E-state index is -0.330. The van der Waals surface area contributed by atoms with Crippen LogP contribution in [0, 0.1) is 28.5 Å². The standard InChI is InChI=1S/C11H9FN2/c12-11-3-1-2-10(8-11)9(4-6-13)5-7-14/h1-3,8-9H,4-5H2. The molecule has 1 aromatic carbocycles.